The minimum Gasteiger partial charge on any atom is -0.394 e. The zero-order valence-electron chi connectivity index (χ0n) is 11.9. The Morgan fingerprint density at radius 3 is 2.33 bits per heavy atom. The van der Waals surface area contributed by atoms with Gasteiger partial charge in [0.25, 0.3) is 0 Å². The van der Waals surface area contributed by atoms with Gasteiger partial charge in [-0.15, -0.1) is 0 Å². The molecule has 1 atom stereocenters. The van der Waals surface area contributed by atoms with Crippen molar-refractivity contribution in [1.82, 2.24) is 5.32 Å². The third kappa shape index (κ3) is 3.13. The van der Waals surface area contributed by atoms with Gasteiger partial charge in [0, 0.05) is 6.54 Å². The predicted molar refractivity (Wildman–Crippen MR) is 87.1 cm³/mol. The van der Waals surface area contributed by atoms with Crippen LogP contribution in [0.3, 0.4) is 0 Å². The zero-order chi connectivity index (χ0) is 14.5. The molecular weight excluding hydrogens is 258 g/mol. The number of aliphatic hydroxyl groups excluding tert-OH is 1. The Morgan fingerprint density at radius 1 is 0.810 bits per heavy atom. The molecule has 106 valence electrons. The number of benzene rings is 3. The molecule has 3 rings (SSSR count). The van der Waals surface area contributed by atoms with Gasteiger partial charge in [-0.25, -0.2) is 0 Å². The maximum absolute atomic E-state index is 9.75. The zero-order valence-corrected chi connectivity index (χ0v) is 11.9. The molecule has 21 heavy (non-hydrogen) atoms. The van der Waals surface area contributed by atoms with E-state index in [9.17, 15) is 5.11 Å². The number of nitrogens with one attached hydrogen (secondary N) is 1. The largest absolute Gasteiger partial charge is 0.394 e. The van der Waals surface area contributed by atoms with Crippen LogP contribution >= 0.6 is 0 Å². The fraction of sp³-hybridized carbons (Fsp3) is 0.158. The summed E-state index contributed by atoms with van der Waals surface area (Å²) in [5.41, 5.74) is 2.36. The van der Waals surface area contributed by atoms with Crippen LogP contribution in [0, 0.1) is 0 Å². The highest BCUT2D eigenvalue weighted by atomic mass is 16.3. The van der Waals surface area contributed by atoms with E-state index in [1.54, 1.807) is 0 Å². The first kappa shape index (κ1) is 13.8. The van der Waals surface area contributed by atoms with Crippen molar-refractivity contribution in [3.05, 3.63) is 83.9 Å². The fourth-order valence-electron chi connectivity index (χ4n) is 2.66. The molecule has 0 saturated carbocycles. The van der Waals surface area contributed by atoms with Gasteiger partial charge in [-0.2, -0.15) is 0 Å². The summed E-state index contributed by atoms with van der Waals surface area (Å²) >= 11 is 0. The van der Waals surface area contributed by atoms with E-state index in [1.807, 2.05) is 36.4 Å². The van der Waals surface area contributed by atoms with E-state index in [1.165, 1.54) is 16.3 Å². The van der Waals surface area contributed by atoms with Gasteiger partial charge >= 0.3 is 0 Å². The maximum Gasteiger partial charge on any atom is 0.0626 e. The van der Waals surface area contributed by atoms with Gasteiger partial charge in [0.1, 0.15) is 0 Å². The van der Waals surface area contributed by atoms with E-state index in [2.05, 4.69) is 41.7 Å². The van der Waals surface area contributed by atoms with E-state index in [0.29, 0.717) is 0 Å². The summed E-state index contributed by atoms with van der Waals surface area (Å²) in [5, 5.41) is 15.6. The SMILES string of the molecule is OCC(NCc1ccccc1)c1cccc2ccccc12. The van der Waals surface area contributed by atoms with Gasteiger partial charge in [-0.1, -0.05) is 72.8 Å². The summed E-state index contributed by atoms with van der Waals surface area (Å²) in [4.78, 5) is 0. The highest BCUT2D eigenvalue weighted by molar-refractivity contribution is 5.86. The van der Waals surface area contributed by atoms with Crippen molar-refractivity contribution in [2.24, 2.45) is 0 Å². The molecule has 0 amide bonds. The molecule has 0 saturated heterocycles. The Hall–Kier alpha value is -2.16. The first-order valence-electron chi connectivity index (χ1n) is 7.24. The Balaban J connectivity index is 1.85. The number of hydrogen-bond acceptors (Lipinski definition) is 2. The maximum atomic E-state index is 9.75. The highest BCUT2D eigenvalue weighted by Gasteiger charge is 2.12. The molecule has 1 unspecified atom stereocenters. The third-order valence-electron chi connectivity index (χ3n) is 3.78. The average molecular weight is 277 g/mol. The van der Waals surface area contributed by atoms with Crippen LogP contribution in [0.1, 0.15) is 17.2 Å². The van der Waals surface area contributed by atoms with Crippen molar-refractivity contribution in [2.45, 2.75) is 12.6 Å². The summed E-state index contributed by atoms with van der Waals surface area (Å²) in [7, 11) is 0. The molecule has 0 aliphatic heterocycles. The molecule has 0 aliphatic rings. The summed E-state index contributed by atoms with van der Waals surface area (Å²) in [6, 6.07) is 24.7. The predicted octanol–water partition coefficient (Wildman–Crippen LogP) is 3.66. The van der Waals surface area contributed by atoms with E-state index in [4.69, 9.17) is 0 Å². The smallest absolute Gasteiger partial charge is 0.0626 e. The molecule has 0 aliphatic carbocycles. The van der Waals surface area contributed by atoms with Crippen molar-refractivity contribution in [3.8, 4) is 0 Å². The lowest BCUT2D eigenvalue weighted by molar-refractivity contribution is 0.244. The summed E-state index contributed by atoms with van der Waals surface area (Å²) in [6.07, 6.45) is 0. The number of fused-ring (bicyclic) bond motifs is 1. The molecule has 0 spiro atoms. The highest BCUT2D eigenvalue weighted by Crippen LogP contribution is 2.24. The van der Waals surface area contributed by atoms with Crippen LogP contribution in [0.5, 0.6) is 0 Å². The van der Waals surface area contributed by atoms with Gasteiger partial charge in [-0.05, 0) is 21.9 Å². The van der Waals surface area contributed by atoms with Gasteiger partial charge in [-0.3, -0.25) is 0 Å². The number of hydrogen-bond donors (Lipinski definition) is 2. The molecule has 0 radical (unpaired) electrons. The van der Waals surface area contributed by atoms with Crippen LogP contribution in [-0.2, 0) is 6.54 Å². The molecule has 0 fully saturated rings. The molecule has 3 aromatic rings. The molecule has 0 bridgehead atoms. The van der Waals surface area contributed by atoms with Gasteiger partial charge < -0.3 is 10.4 Å². The lowest BCUT2D eigenvalue weighted by Crippen LogP contribution is -2.24. The van der Waals surface area contributed by atoms with E-state index < -0.39 is 0 Å². The Bertz CT molecular complexity index is 704. The van der Waals surface area contributed by atoms with Crippen molar-refractivity contribution in [2.75, 3.05) is 6.61 Å². The summed E-state index contributed by atoms with van der Waals surface area (Å²) < 4.78 is 0. The first-order valence-corrected chi connectivity index (χ1v) is 7.24. The van der Waals surface area contributed by atoms with Crippen LogP contribution in [0.2, 0.25) is 0 Å². The molecule has 2 N–H and O–H groups in total. The van der Waals surface area contributed by atoms with Crippen molar-refractivity contribution in [1.29, 1.82) is 0 Å². The van der Waals surface area contributed by atoms with E-state index >= 15 is 0 Å². The van der Waals surface area contributed by atoms with Crippen molar-refractivity contribution >= 4 is 10.8 Å². The van der Waals surface area contributed by atoms with Crippen LogP contribution in [0.15, 0.2) is 72.8 Å². The van der Waals surface area contributed by atoms with Crippen LogP contribution < -0.4 is 5.32 Å². The molecule has 2 nitrogen and oxygen atoms in total. The quantitative estimate of drug-likeness (QED) is 0.746. The Morgan fingerprint density at radius 2 is 1.52 bits per heavy atom. The Labute approximate surface area is 125 Å². The van der Waals surface area contributed by atoms with Crippen LogP contribution in [-0.4, -0.2) is 11.7 Å². The molecular formula is C19H19NO. The first-order chi connectivity index (χ1) is 10.4. The van der Waals surface area contributed by atoms with Gasteiger partial charge in [0.2, 0.25) is 0 Å². The monoisotopic (exact) mass is 277 g/mol. The number of aliphatic hydroxyl groups is 1. The molecule has 0 heterocycles. The van der Waals surface area contributed by atoms with Gasteiger partial charge in [0.05, 0.1) is 12.6 Å². The van der Waals surface area contributed by atoms with Crippen LogP contribution in [0.25, 0.3) is 10.8 Å². The van der Waals surface area contributed by atoms with Crippen molar-refractivity contribution < 1.29 is 5.11 Å². The van der Waals surface area contributed by atoms with Gasteiger partial charge in [0.15, 0.2) is 0 Å². The Kier molecular flexibility index (Phi) is 4.29. The fourth-order valence-corrected chi connectivity index (χ4v) is 2.66. The molecule has 2 heteroatoms. The third-order valence-corrected chi connectivity index (χ3v) is 3.78. The topological polar surface area (TPSA) is 32.3 Å². The lowest BCUT2D eigenvalue weighted by atomic mass is 9.99. The van der Waals surface area contributed by atoms with Crippen LogP contribution in [0.4, 0.5) is 0 Å². The molecule has 0 aromatic heterocycles. The second kappa shape index (κ2) is 6.53. The number of rotatable bonds is 5. The lowest BCUT2D eigenvalue weighted by Gasteiger charge is -2.19. The standard InChI is InChI=1S/C19H19NO/c21-14-19(20-13-15-7-2-1-3-8-15)18-12-6-10-16-9-4-5-11-17(16)18/h1-12,19-21H,13-14H2. The molecule has 3 aromatic carbocycles. The van der Waals surface area contributed by atoms with Crippen molar-refractivity contribution in [3.63, 3.8) is 0 Å². The summed E-state index contributed by atoms with van der Waals surface area (Å²) in [6.45, 7) is 0.829. The average Bonchev–Trinajstić information content (AvgIpc) is 2.56. The minimum absolute atomic E-state index is 0.0590. The summed E-state index contributed by atoms with van der Waals surface area (Å²) in [5.74, 6) is 0. The van der Waals surface area contributed by atoms with E-state index in [0.717, 1.165) is 12.1 Å². The van der Waals surface area contributed by atoms with E-state index in [-0.39, 0.29) is 12.6 Å². The minimum atomic E-state index is -0.0590. The second-order valence-electron chi connectivity index (χ2n) is 5.17. The normalized spacial score (nSPS) is 12.4. The second-order valence-corrected chi connectivity index (χ2v) is 5.17.